The van der Waals surface area contributed by atoms with Crippen LogP contribution in [0.4, 0.5) is 24.8 Å². The molecule has 0 spiro atoms. The summed E-state index contributed by atoms with van der Waals surface area (Å²) in [4.78, 5) is 8.34. The highest BCUT2D eigenvalue weighted by molar-refractivity contribution is 5.48. The van der Waals surface area contributed by atoms with Gasteiger partial charge in [0.25, 0.3) is 0 Å². The average molecular weight is 234 g/mol. The Kier molecular flexibility index (Phi) is 3.56. The molecule has 0 aromatic carbocycles. The summed E-state index contributed by atoms with van der Waals surface area (Å²) in [7, 11) is 3.25. The molecule has 0 radical (unpaired) electrons. The lowest BCUT2D eigenvalue weighted by atomic mass is 10.4. The first-order valence-electron chi connectivity index (χ1n) is 4.72. The zero-order valence-electron chi connectivity index (χ0n) is 9.26. The van der Waals surface area contributed by atoms with Crippen LogP contribution < -0.4 is 10.2 Å². The summed E-state index contributed by atoms with van der Waals surface area (Å²) in [5.74, 6) is -0.735. The number of halogens is 3. The molecule has 1 heterocycles. The van der Waals surface area contributed by atoms with Gasteiger partial charge >= 0.3 is 6.18 Å². The molecule has 1 aromatic rings. The topological polar surface area (TPSA) is 41.0 Å². The summed E-state index contributed by atoms with van der Waals surface area (Å²) in [5, 5.41) is 2.74. The van der Waals surface area contributed by atoms with Gasteiger partial charge in [-0.2, -0.15) is 13.2 Å². The van der Waals surface area contributed by atoms with E-state index in [0.29, 0.717) is 6.54 Å². The Morgan fingerprint density at radius 1 is 1.31 bits per heavy atom. The molecule has 0 unspecified atom stereocenters. The second kappa shape index (κ2) is 4.54. The lowest BCUT2D eigenvalue weighted by Gasteiger charge is -2.15. The van der Waals surface area contributed by atoms with Gasteiger partial charge in [0, 0.05) is 26.7 Å². The van der Waals surface area contributed by atoms with Gasteiger partial charge < -0.3 is 10.2 Å². The van der Waals surface area contributed by atoms with Crippen molar-refractivity contribution >= 4 is 11.6 Å². The van der Waals surface area contributed by atoms with Gasteiger partial charge in [0.15, 0.2) is 0 Å². The average Bonchev–Trinajstić information content (AvgIpc) is 2.16. The van der Waals surface area contributed by atoms with E-state index < -0.39 is 12.0 Å². The van der Waals surface area contributed by atoms with Gasteiger partial charge in [-0.05, 0) is 6.92 Å². The molecule has 0 aliphatic carbocycles. The minimum absolute atomic E-state index is 0.175. The molecule has 90 valence electrons. The summed E-state index contributed by atoms with van der Waals surface area (Å²) >= 11 is 0. The molecule has 0 atom stereocenters. The van der Waals surface area contributed by atoms with Gasteiger partial charge in [0.2, 0.25) is 5.82 Å². The van der Waals surface area contributed by atoms with Crippen molar-refractivity contribution in [3.8, 4) is 0 Å². The predicted octanol–water partition coefficient (Wildman–Crippen LogP) is 1.99. The van der Waals surface area contributed by atoms with Crippen LogP contribution in [0.2, 0.25) is 0 Å². The van der Waals surface area contributed by atoms with E-state index in [2.05, 4.69) is 15.3 Å². The maximum Gasteiger partial charge on any atom is 0.451 e. The van der Waals surface area contributed by atoms with Crippen molar-refractivity contribution in [2.24, 2.45) is 0 Å². The van der Waals surface area contributed by atoms with Gasteiger partial charge in [-0.3, -0.25) is 0 Å². The summed E-state index contributed by atoms with van der Waals surface area (Å²) in [5.41, 5.74) is 0. The number of hydrogen-bond acceptors (Lipinski definition) is 4. The van der Waals surface area contributed by atoms with E-state index in [9.17, 15) is 13.2 Å². The molecule has 0 saturated heterocycles. The Morgan fingerprint density at radius 3 is 2.38 bits per heavy atom. The molecule has 0 amide bonds. The summed E-state index contributed by atoms with van der Waals surface area (Å²) in [6.07, 6.45) is -4.53. The fourth-order valence-corrected chi connectivity index (χ4v) is 1.06. The third kappa shape index (κ3) is 2.98. The molecular formula is C9H13F3N4. The van der Waals surface area contributed by atoms with Gasteiger partial charge in [0.05, 0.1) is 0 Å². The number of aromatic nitrogens is 2. The van der Waals surface area contributed by atoms with Crippen LogP contribution in [0.1, 0.15) is 12.7 Å². The second-order valence-corrected chi connectivity index (χ2v) is 3.36. The second-order valence-electron chi connectivity index (χ2n) is 3.36. The number of rotatable bonds is 3. The van der Waals surface area contributed by atoms with E-state index in [1.54, 1.807) is 21.0 Å². The molecular weight excluding hydrogens is 221 g/mol. The maximum absolute atomic E-state index is 12.5. The molecule has 1 aromatic heterocycles. The van der Waals surface area contributed by atoms with Crippen molar-refractivity contribution in [2.45, 2.75) is 13.1 Å². The summed E-state index contributed by atoms with van der Waals surface area (Å²) in [6, 6.07) is 1.47. The normalized spacial score (nSPS) is 11.4. The van der Waals surface area contributed by atoms with Crippen LogP contribution in [0.5, 0.6) is 0 Å². The number of alkyl halides is 3. The Hall–Kier alpha value is -1.53. The van der Waals surface area contributed by atoms with E-state index >= 15 is 0 Å². The van der Waals surface area contributed by atoms with E-state index in [4.69, 9.17) is 0 Å². The summed E-state index contributed by atoms with van der Waals surface area (Å²) in [6.45, 7) is 2.28. The van der Waals surface area contributed by atoms with E-state index in [0.717, 1.165) is 0 Å². The molecule has 16 heavy (non-hydrogen) atoms. The van der Waals surface area contributed by atoms with Gasteiger partial charge in [-0.1, -0.05) is 0 Å². The van der Waals surface area contributed by atoms with Gasteiger partial charge in [-0.15, -0.1) is 0 Å². The minimum atomic E-state index is -4.53. The molecule has 1 N–H and O–H groups in total. The summed E-state index contributed by atoms with van der Waals surface area (Å²) < 4.78 is 37.4. The van der Waals surface area contributed by atoms with Crippen molar-refractivity contribution in [2.75, 3.05) is 30.9 Å². The number of nitrogens with zero attached hydrogens (tertiary/aromatic N) is 3. The Labute approximate surface area is 91.5 Å². The lowest BCUT2D eigenvalue weighted by molar-refractivity contribution is -0.144. The SMILES string of the molecule is CCNc1cc(N(C)C)nc(C(F)(F)F)n1. The third-order valence-corrected chi connectivity index (χ3v) is 1.78. The Bertz CT molecular complexity index is 362. The van der Waals surface area contributed by atoms with Gasteiger partial charge in [-0.25, -0.2) is 9.97 Å². The number of anilines is 2. The quantitative estimate of drug-likeness (QED) is 0.868. The molecule has 1 rings (SSSR count). The third-order valence-electron chi connectivity index (χ3n) is 1.78. The zero-order valence-corrected chi connectivity index (χ0v) is 9.26. The van der Waals surface area contributed by atoms with E-state index in [-0.39, 0.29) is 11.6 Å². The van der Waals surface area contributed by atoms with Crippen LogP contribution in [-0.2, 0) is 6.18 Å². The van der Waals surface area contributed by atoms with Gasteiger partial charge in [0.1, 0.15) is 11.6 Å². The molecule has 4 nitrogen and oxygen atoms in total. The first-order valence-corrected chi connectivity index (χ1v) is 4.72. The predicted molar refractivity (Wildman–Crippen MR) is 55.5 cm³/mol. The molecule has 0 bridgehead atoms. The smallest absolute Gasteiger partial charge is 0.370 e. The molecule has 0 aliphatic heterocycles. The highest BCUT2D eigenvalue weighted by Gasteiger charge is 2.35. The number of hydrogen-bond donors (Lipinski definition) is 1. The van der Waals surface area contributed by atoms with Crippen molar-refractivity contribution < 1.29 is 13.2 Å². The van der Waals surface area contributed by atoms with Crippen LogP contribution in [0.3, 0.4) is 0 Å². The standard InChI is InChI=1S/C9H13F3N4/c1-4-13-6-5-7(16(2)3)15-8(14-6)9(10,11)12/h5H,4H2,1-3H3,(H,13,14,15). The molecule has 7 heteroatoms. The van der Waals surface area contributed by atoms with Crippen molar-refractivity contribution in [1.29, 1.82) is 0 Å². The lowest BCUT2D eigenvalue weighted by Crippen LogP contribution is -2.18. The largest absolute Gasteiger partial charge is 0.451 e. The van der Waals surface area contributed by atoms with Crippen molar-refractivity contribution in [1.82, 2.24) is 9.97 Å². The minimum Gasteiger partial charge on any atom is -0.370 e. The maximum atomic E-state index is 12.5. The van der Waals surface area contributed by atoms with Crippen LogP contribution in [-0.4, -0.2) is 30.6 Å². The van der Waals surface area contributed by atoms with Crippen LogP contribution >= 0.6 is 0 Å². The zero-order chi connectivity index (χ0) is 12.3. The van der Waals surface area contributed by atoms with Crippen LogP contribution in [0.15, 0.2) is 6.07 Å². The number of nitrogens with one attached hydrogen (secondary N) is 1. The fraction of sp³-hybridized carbons (Fsp3) is 0.556. The van der Waals surface area contributed by atoms with Crippen molar-refractivity contribution in [3.05, 3.63) is 11.9 Å². The highest BCUT2D eigenvalue weighted by Crippen LogP contribution is 2.28. The van der Waals surface area contributed by atoms with Crippen LogP contribution in [0, 0.1) is 0 Å². The van der Waals surface area contributed by atoms with E-state index in [1.165, 1.54) is 11.0 Å². The monoisotopic (exact) mass is 234 g/mol. The Balaban J connectivity index is 3.19. The molecule has 0 aliphatic rings. The fourth-order valence-electron chi connectivity index (χ4n) is 1.06. The van der Waals surface area contributed by atoms with Crippen molar-refractivity contribution in [3.63, 3.8) is 0 Å². The first kappa shape index (κ1) is 12.5. The van der Waals surface area contributed by atoms with Crippen LogP contribution in [0.25, 0.3) is 0 Å². The molecule has 0 saturated carbocycles. The Morgan fingerprint density at radius 2 is 1.94 bits per heavy atom. The molecule has 0 fully saturated rings. The highest BCUT2D eigenvalue weighted by atomic mass is 19.4. The van der Waals surface area contributed by atoms with E-state index in [1.807, 2.05) is 0 Å². The first-order chi connectivity index (χ1) is 7.34.